The molecule has 250 valence electrons. The summed E-state index contributed by atoms with van der Waals surface area (Å²) in [5.74, 6) is 1.65. The van der Waals surface area contributed by atoms with E-state index in [-0.39, 0.29) is 28.8 Å². The molecule has 4 saturated carbocycles. The van der Waals surface area contributed by atoms with Crippen molar-refractivity contribution in [3.63, 3.8) is 0 Å². The highest BCUT2D eigenvalue weighted by molar-refractivity contribution is 7.11. The van der Waals surface area contributed by atoms with Crippen molar-refractivity contribution in [1.82, 2.24) is 4.98 Å². The molecule has 4 fully saturated rings. The van der Waals surface area contributed by atoms with Crippen molar-refractivity contribution >= 4 is 17.3 Å². The lowest BCUT2D eigenvalue weighted by Crippen LogP contribution is -2.37. The highest BCUT2D eigenvalue weighted by Crippen LogP contribution is 2.60. The molecule has 8 atom stereocenters. The van der Waals surface area contributed by atoms with Gasteiger partial charge in [0.2, 0.25) is 0 Å². The highest BCUT2D eigenvalue weighted by Gasteiger charge is 2.56. The normalized spacial score (nSPS) is 33.2. The monoisotopic (exact) mass is 637 g/mol. The van der Waals surface area contributed by atoms with Gasteiger partial charge < -0.3 is 14.9 Å². The average molecular weight is 638 g/mol. The summed E-state index contributed by atoms with van der Waals surface area (Å²) in [5.41, 5.74) is 3.47. The van der Waals surface area contributed by atoms with Gasteiger partial charge in [0.05, 0.1) is 23.5 Å². The molecule has 0 aliphatic heterocycles. The van der Waals surface area contributed by atoms with Crippen LogP contribution in [0.3, 0.4) is 0 Å². The van der Waals surface area contributed by atoms with Crippen molar-refractivity contribution in [2.75, 3.05) is 0 Å². The summed E-state index contributed by atoms with van der Waals surface area (Å²) in [6.45, 7) is 15.4. The minimum absolute atomic E-state index is 0.0473. The minimum atomic E-state index is -0.645. The van der Waals surface area contributed by atoms with Crippen LogP contribution in [0.2, 0.25) is 0 Å². The molecule has 2 N–H and O–H groups in total. The topological polar surface area (TPSA) is 79.7 Å². The molecule has 6 heteroatoms. The maximum atomic E-state index is 13.2. The molecule has 45 heavy (non-hydrogen) atoms. The molecule has 1 heterocycles. The van der Waals surface area contributed by atoms with E-state index in [0.29, 0.717) is 30.6 Å². The molecule has 4 aliphatic rings. The zero-order chi connectivity index (χ0) is 32.4. The van der Waals surface area contributed by atoms with Crippen LogP contribution in [0.1, 0.15) is 134 Å². The molecular weight excluding hydrogens is 578 g/mol. The number of carbonyl (C=O) groups is 1. The Morgan fingerprint density at radius 3 is 2.67 bits per heavy atom. The van der Waals surface area contributed by atoms with Gasteiger partial charge in [-0.1, -0.05) is 65.3 Å². The largest absolute Gasteiger partial charge is 0.461 e. The van der Waals surface area contributed by atoms with Gasteiger partial charge >= 0.3 is 5.97 Å². The maximum absolute atomic E-state index is 13.2. The van der Waals surface area contributed by atoms with Crippen LogP contribution in [0.15, 0.2) is 41.6 Å². The van der Waals surface area contributed by atoms with Crippen LogP contribution in [-0.2, 0) is 21.4 Å². The SMILES string of the molecule is C=C1/C(=C\C=C2/CCC[C@]3(C)[C@@H]([C@H](C)CC[C@H](OC(=O)C(C)CC)C4(c5ncc(CCCC)s5)CC4)CC[C@@H]23)C[C@@H](O)C[C@@H]1O. The van der Waals surface area contributed by atoms with E-state index in [0.717, 1.165) is 56.1 Å². The first kappa shape index (κ1) is 34.6. The number of hydrogen-bond acceptors (Lipinski definition) is 6. The number of carbonyl (C=O) groups excluding carboxylic acids is 1. The maximum Gasteiger partial charge on any atom is 0.308 e. The highest BCUT2D eigenvalue weighted by atomic mass is 32.1. The molecule has 0 radical (unpaired) electrons. The summed E-state index contributed by atoms with van der Waals surface area (Å²) in [5, 5.41) is 21.7. The van der Waals surface area contributed by atoms with Gasteiger partial charge in [-0.25, -0.2) is 4.98 Å². The van der Waals surface area contributed by atoms with Crippen molar-refractivity contribution in [2.45, 2.75) is 155 Å². The molecular formula is C39H59NO4S. The Morgan fingerprint density at radius 2 is 1.96 bits per heavy atom. The second kappa shape index (κ2) is 14.6. The van der Waals surface area contributed by atoms with Gasteiger partial charge in [0, 0.05) is 17.5 Å². The molecule has 4 aliphatic carbocycles. The molecule has 5 nitrogen and oxygen atoms in total. The van der Waals surface area contributed by atoms with E-state index in [9.17, 15) is 15.0 Å². The number of aromatic nitrogens is 1. The fraction of sp³-hybridized carbons (Fsp3) is 0.744. The third kappa shape index (κ3) is 7.38. The van der Waals surface area contributed by atoms with Crippen molar-refractivity contribution in [3.8, 4) is 0 Å². The third-order valence-electron chi connectivity index (χ3n) is 12.3. The Hall–Kier alpha value is -1.76. The first-order valence-corrected chi connectivity index (χ1v) is 18.9. The fourth-order valence-electron chi connectivity index (χ4n) is 8.98. The Bertz CT molecular complexity index is 1260. The van der Waals surface area contributed by atoms with Gasteiger partial charge in [-0.05, 0) is 118 Å². The van der Waals surface area contributed by atoms with Crippen LogP contribution in [0.4, 0.5) is 0 Å². The van der Waals surface area contributed by atoms with Gasteiger partial charge in [0.1, 0.15) is 11.1 Å². The zero-order valence-electron chi connectivity index (χ0n) is 28.7. The average Bonchev–Trinajstić information content (AvgIpc) is 3.53. The van der Waals surface area contributed by atoms with Crippen LogP contribution in [0.25, 0.3) is 0 Å². The third-order valence-corrected chi connectivity index (χ3v) is 13.6. The number of aliphatic hydroxyl groups excluding tert-OH is 2. The summed E-state index contributed by atoms with van der Waals surface area (Å²) in [6.07, 6.45) is 20.7. The number of nitrogens with zero attached hydrogens (tertiary/aromatic N) is 1. The number of unbranched alkanes of at least 4 members (excludes halogenated alkanes) is 1. The van der Waals surface area contributed by atoms with Gasteiger partial charge in [0.25, 0.3) is 0 Å². The summed E-state index contributed by atoms with van der Waals surface area (Å²) in [6, 6.07) is 0. The molecule has 1 aromatic rings. The van der Waals surface area contributed by atoms with E-state index in [2.05, 4.69) is 52.6 Å². The number of rotatable bonds is 13. The van der Waals surface area contributed by atoms with Crippen LogP contribution >= 0.6 is 11.3 Å². The number of fused-ring (bicyclic) bond motifs is 1. The molecule has 0 bridgehead atoms. The lowest BCUT2D eigenvalue weighted by atomic mass is 9.60. The first-order chi connectivity index (χ1) is 21.5. The van der Waals surface area contributed by atoms with E-state index in [1.54, 1.807) is 0 Å². The smallest absolute Gasteiger partial charge is 0.308 e. The van der Waals surface area contributed by atoms with E-state index in [4.69, 9.17) is 9.72 Å². The lowest BCUT2D eigenvalue weighted by Gasteiger charge is -2.44. The Balaban J connectivity index is 1.29. The number of esters is 1. The summed E-state index contributed by atoms with van der Waals surface area (Å²) in [7, 11) is 0. The van der Waals surface area contributed by atoms with Gasteiger partial charge in [-0.2, -0.15) is 0 Å². The minimum Gasteiger partial charge on any atom is -0.461 e. The predicted molar refractivity (Wildman–Crippen MR) is 184 cm³/mol. The Labute approximate surface area is 276 Å². The standard InChI is InChI=1S/C39H59NO4S/c1-7-9-12-31-24-40-37(45-31)39(20-21-39)35(44-36(43)25(3)8-2)18-13-26(4)32-16-17-33-28(11-10-19-38(32,33)6)14-15-29-22-30(41)23-34(42)27(29)5/h14-15,24-26,30,32-35,41-42H,5,7-13,16-23H2,1-4,6H3/b28-14+,29-15-/t25?,26-,30-,32-,33+,34+,35+,38-/m1/s1. The second-order valence-electron chi connectivity index (χ2n) is 15.3. The number of ether oxygens (including phenoxy) is 1. The Morgan fingerprint density at radius 1 is 1.18 bits per heavy atom. The molecule has 0 saturated heterocycles. The molecule has 1 unspecified atom stereocenters. The molecule has 0 aromatic carbocycles. The van der Waals surface area contributed by atoms with Crippen molar-refractivity contribution in [1.29, 1.82) is 0 Å². The molecule has 1 aromatic heterocycles. The number of thiazole rings is 1. The summed E-state index contributed by atoms with van der Waals surface area (Å²) < 4.78 is 6.42. The van der Waals surface area contributed by atoms with Gasteiger partial charge in [0.15, 0.2) is 0 Å². The Kier molecular flexibility index (Phi) is 11.2. The fourth-order valence-corrected chi connectivity index (χ4v) is 10.2. The lowest BCUT2D eigenvalue weighted by molar-refractivity contribution is -0.156. The van der Waals surface area contributed by atoms with Crippen LogP contribution in [0.5, 0.6) is 0 Å². The predicted octanol–water partition coefficient (Wildman–Crippen LogP) is 9.03. The van der Waals surface area contributed by atoms with Crippen molar-refractivity contribution < 1.29 is 19.7 Å². The van der Waals surface area contributed by atoms with Gasteiger partial charge in [-0.15, -0.1) is 11.3 Å². The van der Waals surface area contributed by atoms with E-state index >= 15 is 0 Å². The molecule has 5 rings (SSSR count). The number of aliphatic hydroxyl groups is 2. The first-order valence-electron chi connectivity index (χ1n) is 18.1. The number of aryl methyl sites for hydroxylation is 1. The van der Waals surface area contributed by atoms with Crippen molar-refractivity contribution in [2.24, 2.45) is 29.1 Å². The molecule has 0 spiro atoms. The second-order valence-corrected chi connectivity index (χ2v) is 16.5. The van der Waals surface area contributed by atoms with Gasteiger partial charge in [-0.3, -0.25) is 4.79 Å². The van der Waals surface area contributed by atoms with E-state index in [1.807, 2.05) is 18.3 Å². The quantitative estimate of drug-likeness (QED) is 0.211. The zero-order valence-corrected chi connectivity index (χ0v) is 29.5. The van der Waals surface area contributed by atoms with Crippen LogP contribution in [-0.4, -0.2) is 39.5 Å². The molecule has 0 amide bonds. The summed E-state index contributed by atoms with van der Waals surface area (Å²) >= 11 is 1.85. The summed E-state index contributed by atoms with van der Waals surface area (Å²) in [4.78, 5) is 19.4. The number of hydrogen-bond donors (Lipinski definition) is 2. The number of allylic oxidation sites excluding steroid dienone is 3. The van der Waals surface area contributed by atoms with E-state index < -0.39 is 12.2 Å². The van der Waals surface area contributed by atoms with E-state index in [1.165, 1.54) is 54.0 Å². The van der Waals surface area contributed by atoms with Crippen molar-refractivity contribution in [3.05, 3.63) is 51.5 Å². The van der Waals surface area contributed by atoms with Crippen LogP contribution < -0.4 is 0 Å². The van der Waals surface area contributed by atoms with Crippen LogP contribution in [0, 0.1) is 29.1 Å².